The third-order valence-electron chi connectivity index (χ3n) is 2.61. The number of ether oxygens (including phenoxy) is 2. The predicted octanol–water partition coefficient (Wildman–Crippen LogP) is 3.37. The molecule has 2 aromatic rings. The Bertz CT molecular complexity index is 514. The van der Waals surface area contributed by atoms with Crippen LogP contribution in [0.25, 0.3) is 0 Å². The summed E-state index contributed by atoms with van der Waals surface area (Å²) in [7, 11) is 0. The smallest absolute Gasteiger partial charge is 0.133 e. The molecule has 0 heterocycles. The number of rotatable bonds is 6. The molecule has 0 aliphatic rings. The van der Waals surface area contributed by atoms with Crippen LogP contribution in [0.5, 0.6) is 11.5 Å². The second kappa shape index (κ2) is 7.16. The molecular formula is C15H16BrNO2. The summed E-state index contributed by atoms with van der Waals surface area (Å²) in [6, 6.07) is 15.5. The monoisotopic (exact) mass is 321 g/mol. The molecule has 2 N–H and O–H groups in total. The molecular weight excluding hydrogens is 306 g/mol. The summed E-state index contributed by atoms with van der Waals surface area (Å²) in [5, 5.41) is 0. The van der Waals surface area contributed by atoms with Gasteiger partial charge in [0.2, 0.25) is 0 Å². The third-order valence-corrected chi connectivity index (χ3v) is 3.26. The van der Waals surface area contributed by atoms with Crippen LogP contribution in [0.1, 0.15) is 5.56 Å². The Morgan fingerprint density at radius 1 is 0.895 bits per heavy atom. The van der Waals surface area contributed by atoms with Crippen LogP contribution in [0.2, 0.25) is 0 Å². The van der Waals surface area contributed by atoms with Crippen molar-refractivity contribution in [2.45, 2.75) is 6.54 Å². The molecule has 4 heteroatoms. The van der Waals surface area contributed by atoms with Gasteiger partial charge in [-0.25, -0.2) is 0 Å². The Balaban J connectivity index is 1.76. The van der Waals surface area contributed by atoms with Gasteiger partial charge >= 0.3 is 0 Å². The molecule has 100 valence electrons. The molecule has 0 radical (unpaired) electrons. The molecule has 2 aromatic carbocycles. The SMILES string of the molecule is NCc1ccc(OCCOc2ccccc2Br)cc1. The first-order chi connectivity index (χ1) is 9.29. The number of hydrogen-bond acceptors (Lipinski definition) is 3. The van der Waals surface area contributed by atoms with Crippen molar-refractivity contribution in [3.05, 3.63) is 58.6 Å². The molecule has 0 aliphatic carbocycles. The van der Waals surface area contributed by atoms with Gasteiger partial charge in [0, 0.05) is 6.54 Å². The summed E-state index contributed by atoms with van der Waals surface area (Å²) in [5.41, 5.74) is 6.63. The molecule has 0 saturated carbocycles. The van der Waals surface area contributed by atoms with Crippen LogP contribution >= 0.6 is 15.9 Å². The molecule has 2 rings (SSSR count). The Morgan fingerprint density at radius 3 is 2.26 bits per heavy atom. The molecule has 0 saturated heterocycles. The first-order valence-electron chi connectivity index (χ1n) is 6.09. The summed E-state index contributed by atoms with van der Waals surface area (Å²) < 4.78 is 12.1. The number of nitrogens with two attached hydrogens (primary N) is 1. The van der Waals surface area contributed by atoms with Crippen LogP contribution in [-0.4, -0.2) is 13.2 Å². The van der Waals surface area contributed by atoms with E-state index in [0.29, 0.717) is 19.8 Å². The van der Waals surface area contributed by atoms with Gasteiger partial charge in [-0.05, 0) is 45.8 Å². The number of para-hydroxylation sites is 1. The summed E-state index contributed by atoms with van der Waals surface area (Å²) in [6.07, 6.45) is 0. The topological polar surface area (TPSA) is 44.5 Å². The molecule has 0 bridgehead atoms. The first kappa shape index (κ1) is 13.9. The third kappa shape index (κ3) is 4.26. The fourth-order valence-electron chi connectivity index (χ4n) is 1.59. The molecule has 0 atom stereocenters. The van der Waals surface area contributed by atoms with Crippen LogP contribution in [0.4, 0.5) is 0 Å². The molecule has 19 heavy (non-hydrogen) atoms. The van der Waals surface area contributed by atoms with E-state index in [1.807, 2.05) is 48.5 Å². The van der Waals surface area contributed by atoms with Gasteiger partial charge in [-0.1, -0.05) is 24.3 Å². The Kier molecular flexibility index (Phi) is 5.24. The van der Waals surface area contributed by atoms with Crippen molar-refractivity contribution in [1.82, 2.24) is 0 Å². The van der Waals surface area contributed by atoms with E-state index in [4.69, 9.17) is 15.2 Å². The van der Waals surface area contributed by atoms with Crippen LogP contribution in [-0.2, 0) is 6.54 Å². The largest absolute Gasteiger partial charge is 0.490 e. The van der Waals surface area contributed by atoms with Crippen LogP contribution in [0.3, 0.4) is 0 Å². The summed E-state index contributed by atoms with van der Waals surface area (Å²) in [6.45, 7) is 1.55. The van der Waals surface area contributed by atoms with E-state index >= 15 is 0 Å². The molecule has 3 nitrogen and oxygen atoms in total. The fourth-order valence-corrected chi connectivity index (χ4v) is 1.99. The Hall–Kier alpha value is -1.52. The Labute approximate surface area is 121 Å². The van der Waals surface area contributed by atoms with Crippen molar-refractivity contribution < 1.29 is 9.47 Å². The minimum atomic E-state index is 0.501. The van der Waals surface area contributed by atoms with Gasteiger partial charge in [0.25, 0.3) is 0 Å². The summed E-state index contributed by atoms with van der Waals surface area (Å²) in [4.78, 5) is 0. The number of halogens is 1. The summed E-state index contributed by atoms with van der Waals surface area (Å²) in [5.74, 6) is 1.65. The summed E-state index contributed by atoms with van der Waals surface area (Å²) >= 11 is 3.43. The van der Waals surface area contributed by atoms with Crippen molar-refractivity contribution in [3.63, 3.8) is 0 Å². The van der Waals surface area contributed by atoms with Crippen molar-refractivity contribution in [2.24, 2.45) is 5.73 Å². The van der Waals surface area contributed by atoms with E-state index in [-0.39, 0.29) is 0 Å². The van der Waals surface area contributed by atoms with Gasteiger partial charge < -0.3 is 15.2 Å². The van der Waals surface area contributed by atoms with Gasteiger partial charge in [0.15, 0.2) is 0 Å². The van der Waals surface area contributed by atoms with Crippen LogP contribution < -0.4 is 15.2 Å². The standard InChI is InChI=1S/C15H16BrNO2/c16-14-3-1-2-4-15(14)19-10-9-18-13-7-5-12(11-17)6-8-13/h1-8H,9-11,17H2. The maximum atomic E-state index is 5.61. The fraction of sp³-hybridized carbons (Fsp3) is 0.200. The van der Waals surface area contributed by atoms with Crippen LogP contribution in [0, 0.1) is 0 Å². The highest BCUT2D eigenvalue weighted by Crippen LogP contribution is 2.23. The second-order valence-electron chi connectivity index (χ2n) is 3.98. The molecule has 0 spiro atoms. The van der Waals surface area contributed by atoms with Crippen molar-refractivity contribution in [2.75, 3.05) is 13.2 Å². The highest BCUT2D eigenvalue weighted by Gasteiger charge is 1.99. The van der Waals surface area contributed by atoms with Gasteiger partial charge in [-0.3, -0.25) is 0 Å². The van der Waals surface area contributed by atoms with Crippen molar-refractivity contribution in [3.8, 4) is 11.5 Å². The van der Waals surface area contributed by atoms with Gasteiger partial charge in [0.1, 0.15) is 24.7 Å². The number of benzene rings is 2. The lowest BCUT2D eigenvalue weighted by Gasteiger charge is -2.09. The minimum Gasteiger partial charge on any atom is -0.490 e. The quantitative estimate of drug-likeness (QED) is 0.830. The highest BCUT2D eigenvalue weighted by molar-refractivity contribution is 9.10. The van der Waals surface area contributed by atoms with E-state index in [2.05, 4.69) is 15.9 Å². The van der Waals surface area contributed by atoms with Crippen molar-refractivity contribution in [1.29, 1.82) is 0 Å². The van der Waals surface area contributed by atoms with Crippen LogP contribution in [0.15, 0.2) is 53.0 Å². The lowest BCUT2D eigenvalue weighted by atomic mass is 10.2. The normalized spacial score (nSPS) is 10.2. The average Bonchev–Trinajstić information content (AvgIpc) is 2.46. The lowest BCUT2D eigenvalue weighted by molar-refractivity contribution is 0.216. The highest BCUT2D eigenvalue weighted by atomic mass is 79.9. The maximum absolute atomic E-state index is 5.61. The zero-order valence-electron chi connectivity index (χ0n) is 10.5. The van der Waals surface area contributed by atoms with E-state index in [1.165, 1.54) is 0 Å². The minimum absolute atomic E-state index is 0.501. The molecule has 0 unspecified atom stereocenters. The van der Waals surface area contributed by atoms with E-state index in [1.54, 1.807) is 0 Å². The molecule has 0 aromatic heterocycles. The second-order valence-corrected chi connectivity index (χ2v) is 4.83. The van der Waals surface area contributed by atoms with E-state index < -0.39 is 0 Å². The van der Waals surface area contributed by atoms with Gasteiger partial charge in [0.05, 0.1) is 4.47 Å². The average molecular weight is 322 g/mol. The van der Waals surface area contributed by atoms with Crippen molar-refractivity contribution >= 4 is 15.9 Å². The molecule has 0 fully saturated rings. The van der Waals surface area contributed by atoms with E-state index in [9.17, 15) is 0 Å². The van der Waals surface area contributed by atoms with Gasteiger partial charge in [-0.2, -0.15) is 0 Å². The molecule has 0 aliphatic heterocycles. The lowest BCUT2D eigenvalue weighted by Crippen LogP contribution is -2.09. The van der Waals surface area contributed by atoms with E-state index in [0.717, 1.165) is 21.5 Å². The predicted molar refractivity (Wildman–Crippen MR) is 79.5 cm³/mol. The first-order valence-corrected chi connectivity index (χ1v) is 6.88. The molecule has 0 amide bonds. The van der Waals surface area contributed by atoms with Gasteiger partial charge in [-0.15, -0.1) is 0 Å². The Morgan fingerprint density at radius 2 is 1.58 bits per heavy atom. The number of hydrogen-bond donors (Lipinski definition) is 1. The zero-order chi connectivity index (χ0) is 13.5. The maximum Gasteiger partial charge on any atom is 0.133 e. The zero-order valence-corrected chi connectivity index (χ0v) is 12.1.